The molecule has 2 N–H and O–H groups in total. The Morgan fingerprint density at radius 3 is 3.00 bits per heavy atom. The molecule has 100 valence electrons. The van der Waals surface area contributed by atoms with Crippen molar-refractivity contribution in [1.82, 2.24) is 25.2 Å². The molecule has 3 heterocycles. The molecular formula is C13H17N5O. The summed E-state index contributed by atoms with van der Waals surface area (Å²) in [5.74, 6) is 0.328. The van der Waals surface area contributed by atoms with E-state index in [1.54, 1.807) is 24.0 Å². The van der Waals surface area contributed by atoms with E-state index in [1.807, 2.05) is 6.07 Å². The van der Waals surface area contributed by atoms with Gasteiger partial charge in [-0.25, -0.2) is 9.50 Å². The summed E-state index contributed by atoms with van der Waals surface area (Å²) in [5.41, 5.74) is 2.30. The maximum absolute atomic E-state index is 11.8. The summed E-state index contributed by atoms with van der Waals surface area (Å²) in [7, 11) is 1.61. The molecule has 1 saturated heterocycles. The molecule has 0 radical (unpaired) electrons. The minimum Gasteiger partial charge on any atom is -0.355 e. The summed E-state index contributed by atoms with van der Waals surface area (Å²) in [6, 6.07) is 2.00. The molecule has 2 aromatic heterocycles. The standard InChI is InChI=1S/C13H17N5O/c1-14-13(19)10-8-17-18-11(4-7-16-12(10)18)9-2-5-15-6-3-9/h4,7-9,15H,2-3,5-6H2,1H3,(H,14,19). The largest absolute Gasteiger partial charge is 0.355 e. The molecule has 0 unspecified atom stereocenters. The summed E-state index contributed by atoms with van der Waals surface area (Å²) in [6.07, 6.45) is 5.54. The zero-order chi connectivity index (χ0) is 13.2. The van der Waals surface area contributed by atoms with Crippen molar-refractivity contribution in [3.63, 3.8) is 0 Å². The molecule has 3 rings (SSSR count). The van der Waals surface area contributed by atoms with Crippen molar-refractivity contribution < 1.29 is 4.79 Å². The van der Waals surface area contributed by atoms with Gasteiger partial charge in [-0.1, -0.05) is 0 Å². The number of fused-ring (bicyclic) bond motifs is 1. The highest BCUT2D eigenvalue weighted by Crippen LogP contribution is 2.25. The van der Waals surface area contributed by atoms with Crippen LogP contribution < -0.4 is 10.6 Å². The Hall–Kier alpha value is -1.95. The summed E-state index contributed by atoms with van der Waals surface area (Å²) < 4.78 is 1.81. The zero-order valence-electron chi connectivity index (χ0n) is 10.9. The molecule has 1 aliphatic rings. The first-order chi connectivity index (χ1) is 9.31. The van der Waals surface area contributed by atoms with Crippen molar-refractivity contribution >= 4 is 11.6 Å². The summed E-state index contributed by atoms with van der Waals surface area (Å²) in [6.45, 7) is 2.05. The van der Waals surface area contributed by atoms with E-state index in [9.17, 15) is 4.79 Å². The van der Waals surface area contributed by atoms with E-state index in [2.05, 4.69) is 20.7 Å². The van der Waals surface area contributed by atoms with E-state index >= 15 is 0 Å². The van der Waals surface area contributed by atoms with E-state index in [-0.39, 0.29) is 5.91 Å². The lowest BCUT2D eigenvalue weighted by Gasteiger charge is -2.23. The molecule has 0 bridgehead atoms. The first-order valence-electron chi connectivity index (χ1n) is 6.56. The topological polar surface area (TPSA) is 71.3 Å². The van der Waals surface area contributed by atoms with Gasteiger partial charge in [-0.15, -0.1) is 0 Å². The molecule has 0 spiro atoms. The predicted molar refractivity (Wildman–Crippen MR) is 71.2 cm³/mol. The summed E-state index contributed by atoms with van der Waals surface area (Å²) >= 11 is 0. The molecule has 0 saturated carbocycles. The van der Waals surface area contributed by atoms with E-state index in [4.69, 9.17) is 0 Å². The lowest BCUT2D eigenvalue weighted by molar-refractivity contribution is 0.0964. The van der Waals surface area contributed by atoms with Gasteiger partial charge >= 0.3 is 0 Å². The molecule has 0 aliphatic carbocycles. The van der Waals surface area contributed by atoms with Gasteiger partial charge in [0.15, 0.2) is 5.65 Å². The Morgan fingerprint density at radius 1 is 1.47 bits per heavy atom. The lowest BCUT2D eigenvalue weighted by atomic mass is 9.94. The molecule has 6 heteroatoms. The third-order valence-corrected chi connectivity index (χ3v) is 3.66. The Balaban J connectivity index is 2.06. The van der Waals surface area contributed by atoms with Gasteiger partial charge < -0.3 is 10.6 Å². The number of nitrogens with one attached hydrogen (secondary N) is 2. The quantitative estimate of drug-likeness (QED) is 0.826. The number of hydrogen-bond donors (Lipinski definition) is 2. The fourth-order valence-electron chi connectivity index (χ4n) is 2.63. The van der Waals surface area contributed by atoms with Crippen molar-refractivity contribution in [2.75, 3.05) is 20.1 Å². The minimum atomic E-state index is -0.148. The second kappa shape index (κ2) is 4.97. The summed E-state index contributed by atoms with van der Waals surface area (Å²) in [5, 5.41) is 10.3. The minimum absolute atomic E-state index is 0.148. The fourth-order valence-corrected chi connectivity index (χ4v) is 2.63. The van der Waals surface area contributed by atoms with Crippen LogP contribution in [0.25, 0.3) is 5.65 Å². The molecule has 1 amide bonds. The molecule has 2 aromatic rings. The van der Waals surface area contributed by atoms with E-state index in [1.165, 1.54) is 0 Å². The van der Waals surface area contributed by atoms with Crippen LogP contribution in [0, 0.1) is 0 Å². The number of piperidine rings is 1. The van der Waals surface area contributed by atoms with Gasteiger partial charge in [0.2, 0.25) is 0 Å². The van der Waals surface area contributed by atoms with Crippen LogP contribution in [0.15, 0.2) is 18.5 Å². The molecule has 0 atom stereocenters. The van der Waals surface area contributed by atoms with Crippen molar-refractivity contribution in [3.8, 4) is 0 Å². The van der Waals surface area contributed by atoms with E-state index in [0.717, 1.165) is 31.6 Å². The number of carbonyl (C=O) groups excluding carboxylic acids is 1. The Bertz CT molecular complexity index is 600. The number of aromatic nitrogens is 3. The number of carbonyl (C=O) groups is 1. The number of amides is 1. The number of nitrogens with zero attached hydrogens (tertiary/aromatic N) is 3. The van der Waals surface area contributed by atoms with Crippen LogP contribution in [0.2, 0.25) is 0 Å². The lowest BCUT2D eigenvalue weighted by Crippen LogP contribution is -2.27. The molecule has 1 aliphatic heterocycles. The van der Waals surface area contributed by atoms with Crippen molar-refractivity contribution in [1.29, 1.82) is 0 Å². The van der Waals surface area contributed by atoms with Crippen molar-refractivity contribution in [2.24, 2.45) is 0 Å². The summed E-state index contributed by atoms with van der Waals surface area (Å²) in [4.78, 5) is 16.1. The van der Waals surface area contributed by atoms with Gasteiger partial charge in [-0.2, -0.15) is 5.10 Å². The second-order valence-corrected chi connectivity index (χ2v) is 4.77. The van der Waals surface area contributed by atoms with E-state index in [0.29, 0.717) is 17.1 Å². The maximum Gasteiger partial charge on any atom is 0.256 e. The van der Waals surface area contributed by atoms with Crippen LogP contribution in [0.3, 0.4) is 0 Å². The van der Waals surface area contributed by atoms with Gasteiger partial charge in [-0.3, -0.25) is 4.79 Å². The Morgan fingerprint density at radius 2 is 2.26 bits per heavy atom. The molecule has 1 fully saturated rings. The Labute approximate surface area is 111 Å². The van der Waals surface area contributed by atoms with Crippen molar-refractivity contribution in [3.05, 3.63) is 29.7 Å². The average Bonchev–Trinajstić information content (AvgIpc) is 2.91. The van der Waals surface area contributed by atoms with Crippen LogP contribution >= 0.6 is 0 Å². The monoisotopic (exact) mass is 259 g/mol. The van der Waals surface area contributed by atoms with Gasteiger partial charge in [-0.05, 0) is 32.0 Å². The third kappa shape index (κ3) is 2.08. The van der Waals surface area contributed by atoms with E-state index < -0.39 is 0 Å². The predicted octanol–water partition coefficient (Wildman–Crippen LogP) is 0.556. The van der Waals surface area contributed by atoms with Crippen LogP contribution in [-0.2, 0) is 0 Å². The van der Waals surface area contributed by atoms with Gasteiger partial charge in [0.05, 0.1) is 6.20 Å². The molecule has 19 heavy (non-hydrogen) atoms. The SMILES string of the molecule is CNC(=O)c1cnn2c(C3CCNCC3)ccnc12. The molecule has 0 aromatic carbocycles. The average molecular weight is 259 g/mol. The van der Waals surface area contributed by atoms with Crippen LogP contribution in [0.1, 0.15) is 34.8 Å². The fraction of sp³-hybridized carbons (Fsp3) is 0.462. The van der Waals surface area contributed by atoms with Crippen LogP contribution in [-0.4, -0.2) is 40.6 Å². The number of hydrogen-bond acceptors (Lipinski definition) is 4. The van der Waals surface area contributed by atoms with Crippen molar-refractivity contribution in [2.45, 2.75) is 18.8 Å². The second-order valence-electron chi connectivity index (χ2n) is 4.77. The van der Waals surface area contributed by atoms with Gasteiger partial charge in [0, 0.05) is 24.9 Å². The Kier molecular flexibility index (Phi) is 3.16. The van der Waals surface area contributed by atoms with Crippen LogP contribution in [0.4, 0.5) is 0 Å². The number of rotatable bonds is 2. The maximum atomic E-state index is 11.8. The van der Waals surface area contributed by atoms with Gasteiger partial charge in [0.1, 0.15) is 5.56 Å². The highest BCUT2D eigenvalue weighted by molar-refractivity contribution is 5.99. The normalized spacial score (nSPS) is 16.7. The molecular weight excluding hydrogens is 242 g/mol. The first-order valence-corrected chi connectivity index (χ1v) is 6.56. The first kappa shape index (κ1) is 12.1. The smallest absolute Gasteiger partial charge is 0.256 e. The zero-order valence-corrected chi connectivity index (χ0v) is 10.9. The highest BCUT2D eigenvalue weighted by atomic mass is 16.1. The highest BCUT2D eigenvalue weighted by Gasteiger charge is 2.20. The third-order valence-electron chi connectivity index (χ3n) is 3.66. The van der Waals surface area contributed by atoms with Gasteiger partial charge in [0.25, 0.3) is 5.91 Å². The van der Waals surface area contributed by atoms with Crippen LogP contribution in [0.5, 0.6) is 0 Å². The molecule has 6 nitrogen and oxygen atoms in total.